The average Bonchev–Trinajstić information content (AvgIpc) is 2.60. The van der Waals surface area contributed by atoms with Gasteiger partial charge in [0.2, 0.25) is 5.91 Å². The van der Waals surface area contributed by atoms with Gasteiger partial charge in [0.25, 0.3) is 0 Å². The summed E-state index contributed by atoms with van der Waals surface area (Å²) in [5.41, 5.74) is 4.67. The Morgan fingerprint density at radius 3 is 2.31 bits per heavy atom. The minimum atomic E-state index is -0.0375. The standard InChI is InChI=1S/C22H29NO2S/c1-14(2)19-12-20(16(4)11-21(19)25-6)17(5)23-22(24)13-26-18-9-7-15(3)8-10-18/h7-12,14,17H,13H2,1-6H3,(H,23,24)/t17-/m0/s1. The SMILES string of the molecule is COc1cc(C)c([C@H](C)NC(=O)CSc2ccc(C)cc2)cc1C(C)C. The van der Waals surface area contributed by atoms with E-state index >= 15 is 0 Å². The van der Waals surface area contributed by atoms with E-state index in [2.05, 4.69) is 69.4 Å². The maximum atomic E-state index is 12.4. The Bertz CT molecular complexity index is 753. The summed E-state index contributed by atoms with van der Waals surface area (Å²) in [5.74, 6) is 1.74. The Kier molecular flexibility index (Phi) is 7.15. The summed E-state index contributed by atoms with van der Waals surface area (Å²) in [6.45, 7) is 10.5. The van der Waals surface area contributed by atoms with Crippen LogP contribution in [0, 0.1) is 13.8 Å². The van der Waals surface area contributed by atoms with Crippen molar-refractivity contribution in [1.82, 2.24) is 5.32 Å². The Hall–Kier alpha value is -1.94. The van der Waals surface area contributed by atoms with Crippen LogP contribution in [-0.2, 0) is 4.79 Å². The van der Waals surface area contributed by atoms with Crippen molar-refractivity contribution in [3.05, 3.63) is 58.7 Å². The molecule has 0 bridgehead atoms. The van der Waals surface area contributed by atoms with Crippen LogP contribution in [0.15, 0.2) is 41.3 Å². The highest BCUT2D eigenvalue weighted by atomic mass is 32.2. The van der Waals surface area contributed by atoms with Crippen LogP contribution >= 0.6 is 11.8 Å². The van der Waals surface area contributed by atoms with Gasteiger partial charge in [-0.3, -0.25) is 4.79 Å². The van der Waals surface area contributed by atoms with Crippen molar-refractivity contribution in [3.63, 3.8) is 0 Å². The molecule has 26 heavy (non-hydrogen) atoms. The zero-order valence-corrected chi connectivity index (χ0v) is 17.4. The molecule has 0 aromatic heterocycles. The lowest BCUT2D eigenvalue weighted by Gasteiger charge is -2.21. The number of rotatable bonds is 7. The molecule has 0 unspecified atom stereocenters. The molecule has 0 aliphatic heterocycles. The number of hydrogen-bond donors (Lipinski definition) is 1. The number of ether oxygens (including phenoxy) is 1. The van der Waals surface area contributed by atoms with E-state index < -0.39 is 0 Å². The monoisotopic (exact) mass is 371 g/mol. The van der Waals surface area contributed by atoms with Gasteiger partial charge in [0.05, 0.1) is 18.9 Å². The minimum Gasteiger partial charge on any atom is -0.496 e. The number of hydrogen-bond acceptors (Lipinski definition) is 3. The van der Waals surface area contributed by atoms with Crippen molar-refractivity contribution in [2.45, 2.75) is 51.5 Å². The molecular formula is C22H29NO2S. The second-order valence-electron chi connectivity index (χ2n) is 7.00. The van der Waals surface area contributed by atoms with Crippen LogP contribution < -0.4 is 10.1 Å². The molecule has 1 N–H and O–H groups in total. The molecule has 4 heteroatoms. The molecule has 2 aromatic carbocycles. The maximum absolute atomic E-state index is 12.4. The third-order valence-electron chi connectivity index (χ3n) is 4.48. The third kappa shape index (κ3) is 5.28. The first-order chi connectivity index (χ1) is 12.3. The Balaban J connectivity index is 2.04. The van der Waals surface area contributed by atoms with E-state index in [1.54, 1.807) is 18.9 Å². The van der Waals surface area contributed by atoms with Gasteiger partial charge < -0.3 is 10.1 Å². The van der Waals surface area contributed by atoms with Crippen molar-refractivity contribution < 1.29 is 9.53 Å². The number of carbonyl (C=O) groups is 1. The highest BCUT2D eigenvalue weighted by molar-refractivity contribution is 8.00. The van der Waals surface area contributed by atoms with Crippen LogP contribution in [0.3, 0.4) is 0 Å². The molecule has 2 rings (SSSR count). The van der Waals surface area contributed by atoms with E-state index in [0.717, 1.165) is 21.8 Å². The number of amides is 1. The van der Waals surface area contributed by atoms with Crippen molar-refractivity contribution in [3.8, 4) is 5.75 Å². The van der Waals surface area contributed by atoms with E-state index in [4.69, 9.17) is 4.74 Å². The normalized spacial score (nSPS) is 12.1. The lowest BCUT2D eigenvalue weighted by atomic mass is 9.93. The molecule has 0 aliphatic carbocycles. The summed E-state index contributed by atoms with van der Waals surface area (Å²) in [6, 6.07) is 12.4. The quantitative estimate of drug-likeness (QED) is 0.662. The number of carbonyl (C=O) groups excluding carboxylic acids is 1. The minimum absolute atomic E-state index is 0.0375. The second kappa shape index (κ2) is 9.13. The zero-order valence-electron chi connectivity index (χ0n) is 16.6. The molecule has 1 amide bonds. The fourth-order valence-corrected chi connectivity index (χ4v) is 3.66. The number of aryl methyl sites for hydroxylation is 2. The molecule has 0 radical (unpaired) electrons. The third-order valence-corrected chi connectivity index (χ3v) is 5.49. The van der Waals surface area contributed by atoms with Crippen molar-refractivity contribution in [1.29, 1.82) is 0 Å². The van der Waals surface area contributed by atoms with E-state index in [1.165, 1.54) is 11.1 Å². The molecule has 3 nitrogen and oxygen atoms in total. The summed E-state index contributed by atoms with van der Waals surface area (Å²) >= 11 is 1.56. The summed E-state index contributed by atoms with van der Waals surface area (Å²) in [6.07, 6.45) is 0. The second-order valence-corrected chi connectivity index (χ2v) is 8.05. The highest BCUT2D eigenvalue weighted by Gasteiger charge is 2.17. The predicted molar refractivity (Wildman–Crippen MR) is 110 cm³/mol. The van der Waals surface area contributed by atoms with Crippen LogP contribution in [0.2, 0.25) is 0 Å². The largest absolute Gasteiger partial charge is 0.496 e. The molecule has 0 spiro atoms. The molecule has 2 aromatic rings. The van der Waals surface area contributed by atoms with Crippen molar-refractivity contribution in [2.75, 3.05) is 12.9 Å². The number of nitrogens with one attached hydrogen (secondary N) is 1. The smallest absolute Gasteiger partial charge is 0.230 e. The molecule has 0 saturated heterocycles. The number of benzene rings is 2. The van der Waals surface area contributed by atoms with Gasteiger partial charge in [-0.1, -0.05) is 31.5 Å². The molecule has 0 fully saturated rings. The molecular weight excluding hydrogens is 342 g/mol. The van der Waals surface area contributed by atoms with Crippen LogP contribution in [-0.4, -0.2) is 18.8 Å². The molecule has 140 valence electrons. The van der Waals surface area contributed by atoms with Gasteiger partial charge in [-0.05, 0) is 67.6 Å². The van der Waals surface area contributed by atoms with Crippen LogP contribution in [0.5, 0.6) is 5.75 Å². The zero-order chi connectivity index (χ0) is 19.3. The van der Waals surface area contributed by atoms with Gasteiger partial charge in [-0.2, -0.15) is 0 Å². The van der Waals surface area contributed by atoms with Gasteiger partial charge >= 0.3 is 0 Å². The van der Waals surface area contributed by atoms with E-state index in [9.17, 15) is 4.79 Å². The lowest BCUT2D eigenvalue weighted by Crippen LogP contribution is -2.28. The van der Waals surface area contributed by atoms with Gasteiger partial charge in [0.1, 0.15) is 5.75 Å². The van der Waals surface area contributed by atoms with Crippen molar-refractivity contribution in [2.24, 2.45) is 0 Å². The average molecular weight is 372 g/mol. The van der Waals surface area contributed by atoms with Crippen LogP contribution in [0.1, 0.15) is 55.0 Å². The van der Waals surface area contributed by atoms with Gasteiger partial charge in [-0.25, -0.2) is 0 Å². The summed E-state index contributed by atoms with van der Waals surface area (Å²) < 4.78 is 5.51. The Morgan fingerprint density at radius 1 is 1.08 bits per heavy atom. The Morgan fingerprint density at radius 2 is 1.73 bits per heavy atom. The van der Waals surface area contributed by atoms with E-state index in [-0.39, 0.29) is 11.9 Å². The fourth-order valence-electron chi connectivity index (χ4n) is 2.95. The molecule has 0 heterocycles. The molecule has 0 aliphatic rings. The van der Waals surface area contributed by atoms with Gasteiger partial charge in [0, 0.05) is 4.90 Å². The summed E-state index contributed by atoms with van der Waals surface area (Å²) in [4.78, 5) is 13.5. The van der Waals surface area contributed by atoms with Crippen molar-refractivity contribution >= 4 is 17.7 Å². The topological polar surface area (TPSA) is 38.3 Å². The molecule has 0 saturated carbocycles. The number of methoxy groups -OCH3 is 1. The highest BCUT2D eigenvalue weighted by Crippen LogP contribution is 2.32. The predicted octanol–water partition coefficient (Wildman–Crippen LogP) is 5.40. The number of thioether (sulfide) groups is 1. The van der Waals surface area contributed by atoms with Crippen LogP contribution in [0.25, 0.3) is 0 Å². The first-order valence-corrected chi connectivity index (χ1v) is 9.97. The summed E-state index contributed by atoms with van der Waals surface area (Å²) in [7, 11) is 1.70. The first kappa shape index (κ1) is 20.4. The first-order valence-electron chi connectivity index (χ1n) is 8.99. The van der Waals surface area contributed by atoms with Gasteiger partial charge in [-0.15, -0.1) is 11.8 Å². The summed E-state index contributed by atoms with van der Waals surface area (Å²) in [5, 5.41) is 3.12. The van der Waals surface area contributed by atoms with Crippen LogP contribution in [0.4, 0.5) is 0 Å². The fraction of sp³-hybridized carbons (Fsp3) is 0.409. The Labute approximate surface area is 161 Å². The van der Waals surface area contributed by atoms with E-state index in [0.29, 0.717) is 11.7 Å². The van der Waals surface area contributed by atoms with E-state index in [1.807, 2.05) is 6.92 Å². The maximum Gasteiger partial charge on any atom is 0.230 e. The lowest BCUT2D eigenvalue weighted by molar-refractivity contribution is -0.119. The molecule has 1 atom stereocenters. The van der Waals surface area contributed by atoms with Gasteiger partial charge in [0.15, 0.2) is 0 Å².